The monoisotopic (exact) mass is 460 g/mol. The van der Waals surface area contributed by atoms with E-state index in [-0.39, 0.29) is 17.3 Å². The number of hydrogen-bond acceptors (Lipinski definition) is 5. The van der Waals surface area contributed by atoms with Crippen LogP contribution in [0.2, 0.25) is 10.3 Å². The van der Waals surface area contributed by atoms with Crippen molar-refractivity contribution in [3.63, 3.8) is 0 Å². The number of aromatic nitrogens is 2. The van der Waals surface area contributed by atoms with Gasteiger partial charge in [0.15, 0.2) is 0 Å². The Kier molecular flexibility index (Phi) is 7.64. The average Bonchev–Trinajstić information content (AvgIpc) is 2.71. The maximum Gasteiger partial charge on any atom is 0.410 e. The van der Waals surface area contributed by atoms with Gasteiger partial charge < -0.3 is 15.0 Å². The normalized spacial score (nSPS) is 16.3. The smallest absolute Gasteiger partial charge is 0.410 e. The summed E-state index contributed by atoms with van der Waals surface area (Å²) in [5.74, 6) is 6.96. The maximum atomic E-state index is 12.4. The van der Waals surface area contributed by atoms with Crippen LogP contribution in [0.25, 0.3) is 0 Å². The number of carbonyl (C=O) groups excluding carboxylic acids is 1. The minimum absolute atomic E-state index is 0.143. The predicted molar refractivity (Wildman–Crippen MR) is 123 cm³/mol. The second kappa shape index (κ2) is 10.2. The van der Waals surface area contributed by atoms with Crippen molar-refractivity contribution in [2.24, 2.45) is 5.92 Å². The Morgan fingerprint density at radius 2 is 2.00 bits per heavy atom. The molecule has 1 fully saturated rings. The molecular weight excluding hydrogens is 435 g/mol. The molecule has 1 aliphatic rings. The standard InChI is InChI=1S/C23H26Cl2N4O2/c1-23(2,3)31-22(30)29-12-6-7-16(15-29)13-26-20-18(14-27-21(25)28-20)11-10-17-8-4-5-9-19(17)24/h4-5,8-9,14,16H,6-7,12-13,15H2,1-3H3,(H,26,27,28). The minimum atomic E-state index is -0.505. The molecule has 164 valence electrons. The Morgan fingerprint density at radius 3 is 2.74 bits per heavy atom. The summed E-state index contributed by atoms with van der Waals surface area (Å²) in [5, 5.41) is 4.06. The second-order valence-corrected chi connectivity index (χ2v) is 9.19. The Morgan fingerprint density at radius 1 is 1.26 bits per heavy atom. The van der Waals surface area contributed by atoms with Gasteiger partial charge in [-0.25, -0.2) is 9.78 Å². The van der Waals surface area contributed by atoms with E-state index in [1.165, 1.54) is 0 Å². The number of nitrogens with zero attached hydrogens (tertiary/aromatic N) is 3. The van der Waals surface area contributed by atoms with Crippen molar-refractivity contribution < 1.29 is 9.53 Å². The molecule has 1 aliphatic heterocycles. The third-order valence-corrected chi connectivity index (χ3v) is 5.21. The lowest BCUT2D eigenvalue weighted by atomic mass is 9.98. The highest BCUT2D eigenvalue weighted by Crippen LogP contribution is 2.21. The summed E-state index contributed by atoms with van der Waals surface area (Å²) in [6.07, 6.45) is 3.25. The van der Waals surface area contributed by atoms with Crippen molar-refractivity contribution in [2.45, 2.75) is 39.2 Å². The topological polar surface area (TPSA) is 67.3 Å². The van der Waals surface area contributed by atoms with Crippen LogP contribution in [0.1, 0.15) is 44.7 Å². The van der Waals surface area contributed by atoms with E-state index in [0.717, 1.165) is 18.4 Å². The molecule has 0 radical (unpaired) electrons. The fraction of sp³-hybridized carbons (Fsp3) is 0.435. The highest BCUT2D eigenvalue weighted by molar-refractivity contribution is 6.31. The summed E-state index contributed by atoms with van der Waals surface area (Å²) in [4.78, 5) is 22.5. The summed E-state index contributed by atoms with van der Waals surface area (Å²) in [6, 6.07) is 7.39. The van der Waals surface area contributed by atoms with E-state index in [1.807, 2.05) is 39.0 Å². The largest absolute Gasteiger partial charge is 0.444 e. The van der Waals surface area contributed by atoms with Gasteiger partial charge in [-0.1, -0.05) is 35.6 Å². The number of benzene rings is 1. The summed E-state index contributed by atoms with van der Waals surface area (Å²) in [5.41, 5.74) is 0.851. The van der Waals surface area contributed by atoms with E-state index in [9.17, 15) is 4.79 Å². The number of hydrogen-bond donors (Lipinski definition) is 1. The van der Waals surface area contributed by atoms with Crippen molar-refractivity contribution in [1.82, 2.24) is 14.9 Å². The first-order valence-electron chi connectivity index (χ1n) is 10.2. The van der Waals surface area contributed by atoms with Gasteiger partial charge in [0, 0.05) is 31.4 Å². The van der Waals surface area contributed by atoms with E-state index >= 15 is 0 Å². The zero-order valence-corrected chi connectivity index (χ0v) is 19.4. The van der Waals surface area contributed by atoms with Crippen molar-refractivity contribution in [2.75, 3.05) is 25.0 Å². The summed E-state index contributed by atoms with van der Waals surface area (Å²) in [7, 11) is 0. The highest BCUT2D eigenvalue weighted by Gasteiger charge is 2.27. The number of ether oxygens (including phenoxy) is 1. The molecule has 2 heterocycles. The van der Waals surface area contributed by atoms with Crippen LogP contribution in [0.5, 0.6) is 0 Å². The molecule has 0 saturated carbocycles. The summed E-state index contributed by atoms with van der Waals surface area (Å²) >= 11 is 12.2. The SMILES string of the molecule is CC(C)(C)OC(=O)N1CCCC(CNc2nc(Cl)ncc2C#Cc2ccccc2Cl)C1. The average molecular weight is 461 g/mol. The van der Waals surface area contributed by atoms with Gasteiger partial charge in [0.2, 0.25) is 5.28 Å². The van der Waals surface area contributed by atoms with Gasteiger partial charge in [-0.05, 0) is 63.3 Å². The van der Waals surface area contributed by atoms with Crippen LogP contribution in [-0.4, -0.2) is 46.2 Å². The van der Waals surface area contributed by atoms with E-state index < -0.39 is 5.60 Å². The van der Waals surface area contributed by atoms with Gasteiger partial charge in [0.25, 0.3) is 0 Å². The van der Waals surface area contributed by atoms with Crippen LogP contribution >= 0.6 is 23.2 Å². The van der Waals surface area contributed by atoms with Crippen molar-refractivity contribution >= 4 is 35.1 Å². The Hall–Kier alpha value is -2.49. The van der Waals surface area contributed by atoms with Gasteiger partial charge in [-0.3, -0.25) is 0 Å². The number of halogens is 2. The van der Waals surface area contributed by atoms with Gasteiger partial charge in [0.05, 0.1) is 10.6 Å². The number of nitrogens with one attached hydrogen (secondary N) is 1. The number of anilines is 1. The zero-order chi connectivity index (χ0) is 22.4. The van der Waals surface area contributed by atoms with Gasteiger partial charge in [-0.15, -0.1) is 0 Å². The molecule has 1 aromatic heterocycles. The Balaban J connectivity index is 1.67. The zero-order valence-electron chi connectivity index (χ0n) is 17.9. The highest BCUT2D eigenvalue weighted by atomic mass is 35.5. The lowest BCUT2D eigenvalue weighted by Gasteiger charge is -2.34. The van der Waals surface area contributed by atoms with Gasteiger partial charge in [0.1, 0.15) is 11.4 Å². The fourth-order valence-corrected chi connectivity index (χ4v) is 3.57. The van der Waals surface area contributed by atoms with E-state index in [1.54, 1.807) is 17.2 Å². The van der Waals surface area contributed by atoms with Gasteiger partial charge >= 0.3 is 6.09 Å². The van der Waals surface area contributed by atoms with Crippen LogP contribution in [0.3, 0.4) is 0 Å². The van der Waals surface area contributed by atoms with Crippen molar-refractivity contribution in [1.29, 1.82) is 0 Å². The van der Waals surface area contributed by atoms with Crippen LogP contribution in [-0.2, 0) is 4.74 Å². The molecule has 8 heteroatoms. The first-order chi connectivity index (χ1) is 14.7. The predicted octanol–water partition coefficient (Wildman–Crippen LogP) is 5.24. The first kappa shape index (κ1) is 23.2. The van der Waals surface area contributed by atoms with Crippen LogP contribution < -0.4 is 5.32 Å². The molecule has 0 aliphatic carbocycles. The summed E-state index contributed by atoms with van der Waals surface area (Å²) < 4.78 is 5.51. The van der Waals surface area contributed by atoms with Crippen molar-refractivity contribution in [3.8, 4) is 11.8 Å². The maximum absolute atomic E-state index is 12.4. The van der Waals surface area contributed by atoms with E-state index in [4.69, 9.17) is 27.9 Å². The van der Waals surface area contributed by atoms with E-state index in [0.29, 0.717) is 36.0 Å². The quantitative estimate of drug-likeness (QED) is 0.500. The molecule has 3 rings (SSSR count). The molecular formula is C23H26Cl2N4O2. The lowest BCUT2D eigenvalue weighted by molar-refractivity contribution is 0.0172. The molecule has 1 aromatic carbocycles. The Labute approximate surface area is 193 Å². The van der Waals surface area contributed by atoms with Gasteiger partial charge in [-0.2, -0.15) is 4.98 Å². The van der Waals surface area contributed by atoms with Crippen LogP contribution in [0.15, 0.2) is 30.5 Å². The number of rotatable bonds is 3. The third-order valence-electron chi connectivity index (χ3n) is 4.69. The molecule has 2 aromatic rings. The molecule has 1 atom stereocenters. The fourth-order valence-electron chi connectivity index (χ4n) is 3.25. The molecule has 0 bridgehead atoms. The second-order valence-electron chi connectivity index (χ2n) is 8.45. The molecule has 1 amide bonds. The molecule has 31 heavy (non-hydrogen) atoms. The molecule has 6 nitrogen and oxygen atoms in total. The lowest BCUT2D eigenvalue weighted by Crippen LogP contribution is -2.44. The number of likely N-dealkylation sites (tertiary alicyclic amines) is 1. The van der Waals surface area contributed by atoms with Crippen LogP contribution in [0.4, 0.5) is 10.6 Å². The van der Waals surface area contributed by atoms with Crippen molar-refractivity contribution in [3.05, 3.63) is 51.9 Å². The third kappa shape index (κ3) is 7.02. The number of amides is 1. The van der Waals surface area contributed by atoms with E-state index in [2.05, 4.69) is 27.1 Å². The Bertz CT molecular complexity index is 995. The molecule has 1 saturated heterocycles. The molecule has 0 spiro atoms. The van der Waals surface area contributed by atoms with Crippen LogP contribution in [0, 0.1) is 17.8 Å². The summed E-state index contributed by atoms with van der Waals surface area (Å²) in [6.45, 7) is 7.59. The number of carbonyl (C=O) groups is 1. The number of piperidine rings is 1. The molecule has 1 N–H and O–H groups in total. The molecule has 1 unspecified atom stereocenters. The minimum Gasteiger partial charge on any atom is -0.444 e. The first-order valence-corrected chi connectivity index (χ1v) is 11.0.